The molecule has 1 atom stereocenters. The third-order valence-corrected chi connectivity index (χ3v) is 3.23. The molecule has 0 saturated carbocycles. The van der Waals surface area contributed by atoms with Gasteiger partial charge in [-0.1, -0.05) is 0 Å². The molecule has 0 aromatic carbocycles. The molecule has 0 spiro atoms. The van der Waals surface area contributed by atoms with E-state index in [0.29, 0.717) is 30.1 Å². The summed E-state index contributed by atoms with van der Waals surface area (Å²) in [7, 11) is 0. The molecule has 0 fully saturated rings. The van der Waals surface area contributed by atoms with Crippen LogP contribution in [-0.4, -0.2) is 29.9 Å². The van der Waals surface area contributed by atoms with Gasteiger partial charge in [-0.2, -0.15) is 0 Å². The summed E-state index contributed by atoms with van der Waals surface area (Å²) < 4.78 is 5.30. The number of hydrogen-bond donors (Lipinski definition) is 2. The zero-order chi connectivity index (χ0) is 12.7. The maximum Gasteiger partial charge on any atom is 0.319 e. The third kappa shape index (κ3) is 1.49. The van der Waals surface area contributed by atoms with Crippen LogP contribution in [-0.2, 0) is 4.79 Å². The van der Waals surface area contributed by atoms with Crippen LogP contribution in [0, 0.1) is 0 Å². The van der Waals surface area contributed by atoms with Gasteiger partial charge in [-0.3, -0.25) is 4.79 Å². The minimum atomic E-state index is -0.493. The molecule has 1 aromatic heterocycles. The lowest BCUT2D eigenvalue weighted by Crippen LogP contribution is -2.44. The molecule has 1 unspecified atom stereocenters. The summed E-state index contributed by atoms with van der Waals surface area (Å²) in [5.41, 5.74) is 1.25. The van der Waals surface area contributed by atoms with Crippen LogP contribution in [0.5, 0.6) is 0 Å². The second-order valence-electron chi connectivity index (χ2n) is 4.26. The number of amides is 3. The van der Waals surface area contributed by atoms with Gasteiger partial charge in [0, 0.05) is 6.54 Å². The molecule has 2 N–H and O–H groups in total. The Hall–Kier alpha value is -2.24. The average molecular weight is 247 g/mol. The van der Waals surface area contributed by atoms with E-state index in [1.54, 1.807) is 17.0 Å². The van der Waals surface area contributed by atoms with E-state index in [1.807, 2.05) is 6.92 Å². The van der Waals surface area contributed by atoms with Crippen LogP contribution in [0.4, 0.5) is 4.79 Å². The predicted molar refractivity (Wildman–Crippen MR) is 62.4 cm³/mol. The normalized spacial score (nSPS) is 22.9. The van der Waals surface area contributed by atoms with Crippen molar-refractivity contribution in [2.24, 2.45) is 0 Å². The Morgan fingerprint density at radius 2 is 2.33 bits per heavy atom. The van der Waals surface area contributed by atoms with Crippen molar-refractivity contribution in [1.29, 1.82) is 0 Å². The molecule has 2 aliphatic rings. The van der Waals surface area contributed by atoms with Crippen LogP contribution in [0.2, 0.25) is 0 Å². The molecule has 2 aliphatic heterocycles. The lowest BCUT2D eigenvalue weighted by Gasteiger charge is -2.23. The fraction of sp³-hybridized carbons (Fsp3) is 0.333. The van der Waals surface area contributed by atoms with Gasteiger partial charge < -0.3 is 20.0 Å². The number of furan rings is 1. The monoisotopic (exact) mass is 247 g/mol. The Labute approximate surface area is 104 Å². The number of rotatable bonds is 2. The number of nitrogens with zero attached hydrogens (tertiary/aromatic N) is 1. The lowest BCUT2D eigenvalue weighted by atomic mass is 10.0. The molecule has 0 radical (unpaired) electrons. The zero-order valence-corrected chi connectivity index (χ0v) is 9.90. The summed E-state index contributed by atoms with van der Waals surface area (Å²) in [6.45, 7) is 2.98. The van der Waals surface area contributed by atoms with E-state index in [1.165, 1.54) is 6.26 Å². The van der Waals surface area contributed by atoms with E-state index in [9.17, 15) is 9.59 Å². The quantitative estimate of drug-likeness (QED) is 0.809. The molecule has 6 heteroatoms. The minimum Gasteiger partial charge on any atom is -0.467 e. The number of carbonyl (C=O) groups is 2. The van der Waals surface area contributed by atoms with Crippen LogP contribution in [0.15, 0.2) is 34.1 Å². The average Bonchev–Trinajstić information content (AvgIpc) is 2.96. The highest BCUT2D eigenvalue weighted by molar-refractivity contribution is 6.01. The molecule has 0 bridgehead atoms. The molecule has 94 valence electrons. The molecule has 6 nitrogen and oxygen atoms in total. The van der Waals surface area contributed by atoms with Crippen molar-refractivity contribution < 1.29 is 14.0 Å². The summed E-state index contributed by atoms with van der Waals surface area (Å²) in [5, 5.41) is 5.41. The first-order valence-electron chi connectivity index (χ1n) is 5.84. The summed E-state index contributed by atoms with van der Waals surface area (Å²) in [5.74, 6) is 0.519. The molecular formula is C12H13N3O3. The first-order valence-corrected chi connectivity index (χ1v) is 5.84. The van der Waals surface area contributed by atoms with Gasteiger partial charge >= 0.3 is 6.03 Å². The summed E-state index contributed by atoms with van der Waals surface area (Å²) >= 11 is 0. The Kier molecular flexibility index (Phi) is 2.36. The van der Waals surface area contributed by atoms with E-state index in [4.69, 9.17) is 4.42 Å². The molecule has 3 amide bonds. The second-order valence-corrected chi connectivity index (χ2v) is 4.26. The fourth-order valence-electron chi connectivity index (χ4n) is 2.35. The van der Waals surface area contributed by atoms with Gasteiger partial charge in [0.05, 0.1) is 24.1 Å². The number of likely N-dealkylation sites (N-methyl/N-ethyl adjacent to an activating group) is 1. The molecule has 18 heavy (non-hydrogen) atoms. The summed E-state index contributed by atoms with van der Waals surface area (Å²) in [6.07, 6.45) is 1.53. The van der Waals surface area contributed by atoms with Crippen LogP contribution in [0.25, 0.3) is 0 Å². The van der Waals surface area contributed by atoms with E-state index >= 15 is 0 Å². The highest BCUT2D eigenvalue weighted by Crippen LogP contribution is 2.32. The van der Waals surface area contributed by atoms with Gasteiger partial charge in [0.15, 0.2) is 0 Å². The Balaban J connectivity index is 2.02. The Bertz CT molecular complexity index is 533. The Morgan fingerprint density at radius 3 is 3.00 bits per heavy atom. The molecule has 1 aromatic rings. The maximum atomic E-state index is 12.2. The third-order valence-electron chi connectivity index (χ3n) is 3.23. The number of carbonyl (C=O) groups excluding carboxylic acids is 2. The van der Waals surface area contributed by atoms with Gasteiger partial charge in [-0.05, 0) is 19.1 Å². The van der Waals surface area contributed by atoms with Gasteiger partial charge in [-0.15, -0.1) is 0 Å². The topological polar surface area (TPSA) is 74.6 Å². The van der Waals surface area contributed by atoms with Gasteiger partial charge in [0.2, 0.25) is 0 Å². The van der Waals surface area contributed by atoms with Gasteiger partial charge in [-0.25, -0.2) is 4.79 Å². The maximum absolute atomic E-state index is 12.2. The predicted octanol–water partition coefficient (Wildman–Crippen LogP) is 0.750. The largest absolute Gasteiger partial charge is 0.467 e. The molecule has 3 rings (SSSR count). The van der Waals surface area contributed by atoms with Crippen molar-refractivity contribution >= 4 is 11.9 Å². The number of nitrogens with one attached hydrogen (secondary N) is 2. The molecule has 3 heterocycles. The first-order chi connectivity index (χ1) is 8.70. The highest BCUT2D eigenvalue weighted by atomic mass is 16.3. The van der Waals surface area contributed by atoms with E-state index < -0.39 is 6.04 Å². The van der Waals surface area contributed by atoms with Crippen LogP contribution in [0.3, 0.4) is 0 Å². The Morgan fingerprint density at radius 1 is 1.50 bits per heavy atom. The van der Waals surface area contributed by atoms with E-state index in [0.717, 1.165) is 0 Å². The zero-order valence-electron chi connectivity index (χ0n) is 9.90. The smallest absolute Gasteiger partial charge is 0.319 e. The molecular weight excluding hydrogens is 234 g/mol. The van der Waals surface area contributed by atoms with Gasteiger partial charge in [0.1, 0.15) is 11.8 Å². The van der Waals surface area contributed by atoms with Crippen molar-refractivity contribution in [2.45, 2.75) is 13.0 Å². The van der Waals surface area contributed by atoms with Crippen molar-refractivity contribution in [3.8, 4) is 0 Å². The van der Waals surface area contributed by atoms with Crippen molar-refractivity contribution in [3.05, 3.63) is 35.4 Å². The summed E-state index contributed by atoms with van der Waals surface area (Å²) in [4.78, 5) is 25.5. The summed E-state index contributed by atoms with van der Waals surface area (Å²) in [6, 6.07) is 2.69. The van der Waals surface area contributed by atoms with E-state index in [-0.39, 0.29) is 11.9 Å². The van der Waals surface area contributed by atoms with Crippen LogP contribution in [0.1, 0.15) is 18.7 Å². The highest BCUT2D eigenvalue weighted by Gasteiger charge is 2.40. The second kappa shape index (κ2) is 3.90. The van der Waals surface area contributed by atoms with Gasteiger partial charge in [0.25, 0.3) is 5.91 Å². The molecule has 0 saturated heterocycles. The molecule has 0 aliphatic carbocycles. The van der Waals surface area contributed by atoms with Crippen molar-refractivity contribution in [2.75, 3.05) is 13.1 Å². The lowest BCUT2D eigenvalue weighted by molar-refractivity contribution is -0.125. The van der Waals surface area contributed by atoms with Crippen LogP contribution < -0.4 is 10.6 Å². The minimum absolute atomic E-state index is 0.0543. The van der Waals surface area contributed by atoms with Crippen molar-refractivity contribution in [1.82, 2.24) is 15.5 Å². The number of hydrogen-bond acceptors (Lipinski definition) is 3. The number of urea groups is 1. The first kappa shape index (κ1) is 10.9. The van der Waals surface area contributed by atoms with Crippen LogP contribution >= 0.6 is 0 Å². The fourth-order valence-corrected chi connectivity index (χ4v) is 2.35. The van der Waals surface area contributed by atoms with Crippen molar-refractivity contribution in [3.63, 3.8) is 0 Å². The standard InChI is InChI=1S/C12H13N3O3/c1-2-15-6-7-9(11(15)16)10(14-12(17)13-7)8-4-3-5-18-8/h3-5,10H,2,6H2,1H3,(H2,13,14,17). The SMILES string of the molecule is CCN1CC2=C(C1=O)C(c1ccco1)NC(=O)N2. The van der Waals surface area contributed by atoms with E-state index in [2.05, 4.69) is 10.6 Å².